The first-order valence-corrected chi connectivity index (χ1v) is 9.40. The Morgan fingerprint density at radius 3 is 2.56 bits per heavy atom. The summed E-state index contributed by atoms with van der Waals surface area (Å²) in [7, 11) is -1.10. The molecule has 10 heteroatoms. The maximum atomic E-state index is 12.3. The molecule has 0 aliphatic rings. The first kappa shape index (κ1) is 20.5. The lowest BCUT2D eigenvalue weighted by Gasteiger charge is -2.10. The minimum absolute atomic E-state index is 0.104. The van der Waals surface area contributed by atoms with Crippen LogP contribution in [0.4, 0.5) is 0 Å². The molecule has 2 aromatic rings. The van der Waals surface area contributed by atoms with Crippen molar-refractivity contribution in [1.29, 1.82) is 0 Å². The van der Waals surface area contributed by atoms with Crippen molar-refractivity contribution >= 4 is 21.9 Å². The fourth-order valence-electron chi connectivity index (χ4n) is 2.40. The monoisotopic (exact) mass is 396 g/mol. The molecule has 1 amide bonds. The van der Waals surface area contributed by atoms with Gasteiger partial charge in [0.1, 0.15) is 11.5 Å². The largest absolute Gasteiger partial charge is 0.496 e. The Hall–Kier alpha value is -2.85. The number of sulfonamides is 1. The van der Waals surface area contributed by atoms with Crippen molar-refractivity contribution in [2.24, 2.45) is 0 Å². The lowest BCUT2D eigenvalue weighted by molar-refractivity contribution is 0.0696. The molecule has 0 atom stereocenters. The molecule has 1 aromatic heterocycles. The van der Waals surface area contributed by atoms with Crippen LogP contribution in [-0.2, 0) is 16.4 Å². The van der Waals surface area contributed by atoms with E-state index in [4.69, 9.17) is 14.3 Å². The van der Waals surface area contributed by atoms with Gasteiger partial charge in [0.25, 0.3) is 15.9 Å². The highest BCUT2D eigenvalue weighted by molar-refractivity contribution is 7.89. The molecule has 0 aliphatic heterocycles. The van der Waals surface area contributed by atoms with Gasteiger partial charge in [-0.1, -0.05) is 6.07 Å². The van der Waals surface area contributed by atoms with Crippen molar-refractivity contribution in [3.05, 3.63) is 46.7 Å². The second-order valence-corrected chi connectivity index (χ2v) is 7.40. The number of carbonyl (C=O) groups excluding carboxylic acids is 1. The third kappa shape index (κ3) is 4.66. The number of nitrogens with one attached hydrogen (secondary N) is 2. The number of benzene rings is 1. The highest BCUT2D eigenvalue weighted by Gasteiger charge is 2.22. The van der Waals surface area contributed by atoms with Gasteiger partial charge in [0.15, 0.2) is 0 Å². The topological polar surface area (TPSA) is 135 Å². The van der Waals surface area contributed by atoms with Crippen LogP contribution < -0.4 is 14.8 Å². The summed E-state index contributed by atoms with van der Waals surface area (Å²) in [6.45, 7) is 1.73. The van der Waals surface area contributed by atoms with E-state index < -0.39 is 21.9 Å². The van der Waals surface area contributed by atoms with Gasteiger partial charge in [0.05, 0.1) is 18.2 Å². The number of furan rings is 1. The van der Waals surface area contributed by atoms with Crippen LogP contribution >= 0.6 is 0 Å². The molecular formula is C17H20N2O7S. The smallest absolute Gasteiger partial charge is 0.335 e. The molecule has 0 unspecified atom stereocenters. The predicted octanol–water partition coefficient (Wildman–Crippen LogP) is 1.18. The van der Waals surface area contributed by atoms with Gasteiger partial charge in [0.2, 0.25) is 5.09 Å². The molecule has 2 rings (SSSR count). The van der Waals surface area contributed by atoms with Gasteiger partial charge in [0, 0.05) is 12.6 Å². The van der Waals surface area contributed by atoms with Gasteiger partial charge in [-0.3, -0.25) is 4.79 Å². The molecule has 27 heavy (non-hydrogen) atoms. The second-order valence-electron chi connectivity index (χ2n) is 5.58. The number of ether oxygens (including phenoxy) is 1. The number of hydrogen-bond donors (Lipinski definition) is 3. The van der Waals surface area contributed by atoms with E-state index in [9.17, 15) is 18.0 Å². The van der Waals surface area contributed by atoms with Gasteiger partial charge in [-0.05, 0) is 38.1 Å². The van der Waals surface area contributed by atoms with Gasteiger partial charge >= 0.3 is 5.97 Å². The SMILES string of the molecule is CNS(=O)(=O)c1cc(C(=O)NCCc2ccc(C(=O)O)cc2OC)c(C)o1. The summed E-state index contributed by atoms with van der Waals surface area (Å²) >= 11 is 0. The standard InChI is InChI=1S/C17H20N2O7S/c1-10-13(9-15(26-10)27(23,24)18-2)16(20)19-7-6-11-4-5-12(17(21)22)8-14(11)25-3/h4-5,8-9,18H,6-7H2,1-3H3,(H,19,20)(H,21,22). The number of carboxylic acid groups (broad SMARTS) is 1. The molecule has 0 saturated carbocycles. The van der Waals surface area contributed by atoms with Crippen LogP contribution in [0.15, 0.2) is 33.8 Å². The maximum Gasteiger partial charge on any atom is 0.335 e. The van der Waals surface area contributed by atoms with Gasteiger partial charge in [-0.25, -0.2) is 17.9 Å². The van der Waals surface area contributed by atoms with E-state index in [1.54, 1.807) is 6.07 Å². The van der Waals surface area contributed by atoms with E-state index in [1.165, 1.54) is 39.3 Å². The van der Waals surface area contributed by atoms with Crippen LogP contribution in [0.2, 0.25) is 0 Å². The average molecular weight is 396 g/mol. The van der Waals surface area contributed by atoms with Crippen LogP contribution in [-0.4, -0.2) is 46.1 Å². The molecule has 146 valence electrons. The van der Waals surface area contributed by atoms with E-state index in [0.29, 0.717) is 12.2 Å². The molecule has 0 bridgehead atoms. The van der Waals surface area contributed by atoms with Crippen LogP contribution in [0.3, 0.4) is 0 Å². The minimum atomic E-state index is -3.78. The Morgan fingerprint density at radius 2 is 1.96 bits per heavy atom. The molecule has 9 nitrogen and oxygen atoms in total. The fraction of sp³-hybridized carbons (Fsp3) is 0.294. The molecule has 3 N–H and O–H groups in total. The first-order chi connectivity index (χ1) is 12.7. The zero-order valence-corrected chi connectivity index (χ0v) is 15.8. The number of hydrogen-bond acceptors (Lipinski definition) is 6. The van der Waals surface area contributed by atoms with Gasteiger partial charge in [-0.2, -0.15) is 0 Å². The molecule has 1 aromatic carbocycles. The minimum Gasteiger partial charge on any atom is -0.496 e. The van der Waals surface area contributed by atoms with Crippen LogP contribution in [0.5, 0.6) is 5.75 Å². The van der Waals surface area contributed by atoms with E-state index in [0.717, 1.165) is 5.56 Å². The number of rotatable bonds is 8. The van der Waals surface area contributed by atoms with Gasteiger partial charge in [-0.15, -0.1) is 0 Å². The Morgan fingerprint density at radius 1 is 1.26 bits per heavy atom. The van der Waals surface area contributed by atoms with Crippen LogP contribution in [0, 0.1) is 6.92 Å². The molecule has 1 heterocycles. The first-order valence-electron chi connectivity index (χ1n) is 7.92. The number of methoxy groups -OCH3 is 1. The summed E-state index contributed by atoms with van der Waals surface area (Å²) in [5.74, 6) is -0.943. The van der Waals surface area contributed by atoms with E-state index >= 15 is 0 Å². The summed E-state index contributed by atoms with van der Waals surface area (Å²) in [5.41, 5.74) is 0.953. The van der Waals surface area contributed by atoms with E-state index in [2.05, 4.69) is 10.0 Å². The number of amides is 1. The number of carboxylic acids is 1. The van der Waals surface area contributed by atoms with Gasteiger partial charge < -0.3 is 19.6 Å². The summed E-state index contributed by atoms with van der Waals surface area (Å²) in [6.07, 6.45) is 0.396. The Bertz CT molecular complexity index is 964. The lowest BCUT2D eigenvalue weighted by Crippen LogP contribution is -2.26. The van der Waals surface area contributed by atoms with Crippen molar-refractivity contribution in [3.63, 3.8) is 0 Å². The molecule has 0 aliphatic carbocycles. The second kappa shape index (κ2) is 8.23. The summed E-state index contributed by atoms with van der Waals surface area (Å²) in [4.78, 5) is 23.3. The fourth-order valence-corrected chi connectivity index (χ4v) is 3.11. The molecule has 0 radical (unpaired) electrons. The zero-order chi connectivity index (χ0) is 20.2. The lowest BCUT2D eigenvalue weighted by atomic mass is 10.1. The van der Waals surface area contributed by atoms with Crippen LogP contribution in [0.1, 0.15) is 32.0 Å². The third-order valence-corrected chi connectivity index (χ3v) is 5.16. The third-order valence-electron chi connectivity index (χ3n) is 3.89. The Kier molecular flexibility index (Phi) is 6.24. The van der Waals surface area contributed by atoms with E-state index in [1.807, 2.05) is 0 Å². The normalized spacial score (nSPS) is 11.2. The maximum absolute atomic E-state index is 12.3. The number of aromatic carboxylic acids is 1. The Balaban J connectivity index is 2.06. The zero-order valence-electron chi connectivity index (χ0n) is 15.0. The predicted molar refractivity (Wildman–Crippen MR) is 95.7 cm³/mol. The molecular weight excluding hydrogens is 376 g/mol. The van der Waals surface area contributed by atoms with Crippen molar-refractivity contribution in [2.75, 3.05) is 20.7 Å². The summed E-state index contributed by atoms with van der Waals surface area (Å²) in [5, 5.41) is 11.3. The quantitative estimate of drug-likeness (QED) is 0.610. The number of aryl methyl sites for hydroxylation is 1. The average Bonchev–Trinajstić information content (AvgIpc) is 3.04. The van der Waals surface area contributed by atoms with Crippen molar-refractivity contribution in [3.8, 4) is 5.75 Å². The van der Waals surface area contributed by atoms with E-state index in [-0.39, 0.29) is 28.5 Å². The summed E-state index contributed by atoms with van der Waals surface area (Å²) in [6, 6.07) is 5.65. The molecule has 0 fully saturated rings. The highest BCUT2D eigenvalue weighted by Crippen LogP contribution is 2.21. The molecule has 0 saturated heterocycles. The van der Waals surface area contributed by atoms with Crippen molar-refractivity contribution in [2.45, 2.75) is 18.4 Å². The number of carbonyl (C=O) groups is 2. The Labute approximate surface area is 156 Å². The van der Waals surface area contributed by atoms with Crippen molar-refractivity contribution < 1.29 is 32.3 Å². The summed E-state index contributed by atoms with van der Waals surface area (Å²) < 4.78 is 35.9. The van der Waals surface area contributed by atoms with Crippen LogP contribution in [0.25, 0.3) is 0 Å². The molecule has 0 spiro atoms. The highest BCUT2D eigenvalue weighted by atomic mass is 32.2. The van der Waals surface area contributed by atoms with Crippen molar-refractivity contribution in [1.82, 2.24) is 10.0 Å².